The van der Waals surface area contributed by atoms with Crippen LogP contribution in [0.15, 0.2) is 24.3 Å². The molecule has 1 aliphatic rings. The Bertz CT molecular complexity index is 409. The number of methoxy groups -OCH3 is 1. The number of ether oxygens (including phenoxy) is 1. The predicted octanol–water partition coefficient (Wildman–Crippen LogP) is 2.90. The summed E-state index contributed by atoms with van der Waals surface area (Å²) in [6, 6.07) is 7.44. The largest absolute Gasteiger partial charge is 0.497 e. The quantitative estimate of drug-likeness (QED) is 0.919. The molecule has 2 rings (SSSR count). The van der Waals surface area contributed by atoms with Crippen LogP contribution in [0.4, 0.5) is 5.69 Å². The number of carbonyl (C=O) groups is 1. The normalized spacial score (nSPS) is 17.1. The van der Waals surface area contributed by atoms with Crippen LogP contribution >= 0.6 is 0 Å². The van der Waals surface area contributed by atoms with E-state index in [0.717, 1.165) is 24.5 Å². The molecule has 0 aliphatic carbocycles. The molecule has 1 aliphatic heterocycles. The molecule has 4 nitrogen and oxygen atoms in total. The van der Waals surface area contributed by atoms with Gasteiger partial charge in [0.05, 0.1) is 13.7 Å². The minimum atomic E-state index is 0.0655. The van der Waals surface area contributed by atoms with Crippen LogP contribution in [0.2, 0.25) is 0 Å². The molecular formula is C16H24N2O2. The van der Waals surface area contributed by atoms with E-state index in [4.69, 9.17) is 4.74 Å². The van der Waals surface area contributed by atoms with Crippen LogP contribution in [0.25, 0.3) is 0 Å². The first-order valence-electron chi connectivity index (χ1n) is 7.44. The Balaban J connectivity index is 1.81. The van der Waals surface area contributed by atoms with Crippen molar-refractivity contribution in [3.63, 3.8) is 0 Å². The lowest BCUT2D eigenvalue weighted by Gasteiger charge is -2.23. The molecule has 0 radical (unpaired) electrons. The molecule has 0 atom stereocenters. The zero-order chi connectivity index (χ0) is 14.2. The molecule has 0 bridgehead atoms. The Morgan fingerprint density at radius 3 is 2.30 bits per heavy atom. The van der Waals surface area contributed by atoms with Crippen molar-refractivity contribution in [2.75, 3.05) is 32.1 Å². The van der Waals surface area contributed by atoms with Crippen molar-refractivity contribution in [1.29, 1.82) is 0 Å². The number of amides is 1. The SMILES string of the molecule is COc1ccc(NC(=O)CN2CCCCCCC2)cc1. The molecule has 1 heterocycles. The van der Waals surface area contributed by atoms with Crippen LogP contribution < -0.4 is 10.1 Å². The average Bonchev–Trinajstić information content (AvgIpc) is 2.42. The number of nitrogens with one attached hydrogen (secondary N) is 1. The van der Waals surface area contributed by atoms with Gasteiger partial charge in [-0.3, -0.25) is 9.69 Å². The van der Waals surface area contributed by atoms with Gasteiger partial charge in [-0.05, 0) is 50.2 Å². The number of hydrogen-bond donors (Lipinski definition) is 1. The van der Waals surface area contributed by atoms with Gasteiger partial charge in [-0.2, -0.15) is 0 Å². The summed E-state index contributed by atoms with van der Waals surface area (Å²) < 4.78 is 5.10. The second kappa shape index (κ2) is 7.90. The fourth-order valence-electron chi connectivity index (χ4n) is 2.55. The highest BCUT2D eigenvalue weighted by atomic mass is 16.5. The fraction of sp³-hybridized carbons (Fsp3) is 0.562. The predicted molar refractivity (Wildman–Crippen MR) is 81.1 cm³/mol. The van der Waals surface area contributed by atoms with E-state index in [9.17, 15) is 4.79 Å². The number of carbonyl (C=O) groups excluding carboxylic acids is 1. The van der Waals surface area contributed by atoms with Crippen LogP contribution in [0, 0.1) is 0 Å². The fourth-order valence-corrected chi connectivity index (χ4v) is 2.55. The van der Waals surface area contributed by atoms with Crippen LogP contribution in [-0.4, -0.2) is 37.6 Å². The molecule has 1 saturated heterocycles. The van der Waals surface area contributed by atoms with E-state index in [-0.39, 0.29) is 5.91 Å². The first kappa shape index (κ1) is 14.9. The maximum Gasteiger partial charge on any atom is 0.238 e. The van der Waals surface area contributed by atoms with Crippen molar-refractivity contribution in [3.8, 4) is 5.75 Å². The smallest absolute Gasteiger partial charge is 0.238 e. The van der Waals surface area contributed by atoms with Gasteiger partial charge in [0.1, 0.15) is 5.75 Å². The average molecular weight is 276 g/mol. The summed E-state index contributed by atoms with van der Waals surface area (Å²) in [6.07, 6.45) is 6.32. The van der Waals surface area contributed by atoms with Crippen molar-refractivity contribution in [3.05, 3.63) is 24.3 Å². The summed E-state index contributed by atoms with van der Waals surface area (Å²) in [5, 5.41) is 2.94. The van der Waals surface area contributed by atoms with E-state index in [1.54, 1.807) is 7.11 Å². The molecule has 20 heavy (non-hydrogen) atoms. The molecule has 110 valence electrons. The highest BCUT2D eigenvalue weighted by Crippen LogP contribution is 2.15. The standard InChI is InChI=1S/C16H24N2O2/c1-20-15-9-7-14(8-10-15)17-16(19)13-18-11-5-3-2-4-6-12-18/h7-10H,2-6,11-13H2,1H3,(H,17,19). The van der Waals surface area contributed by atoms with E-state index in [1.807, 2.05) is 24.3 Å². The Hall–Kier alpha value is -1.55. The highest BCUT2D eigenvalue weighted by molar-refractivity contribution is 5.92. The summed E-state index contributed by atoms with van der Waals surface area (Å²) in [6.45, 7) is 2.57. The third-order valence-corrected chi connectivity index (χ3v) is 3.69. The van der Waals surface area contributed by atoms with Gasteiger partial charge < -0.3 is 10.1 Å². The van der Waals surface area contributed by atoms with E-state index >= 15 is 0 Å². The van der Waals surface area contributed by atoms with Crippen molar-refractivity contribution < 1.29 is 9.53 Å². The molecular weight excluding hydrogens is 252 g/mol. The topological polar surface area (TPSA) is 41.6 Å². The van der Waals surface area contributed by atoms with E-state index in [0.29, 0.717) is 6.54 Å². The summed E-state index contributed by atoms with van der Waals surface area (Å²) in [4.78, 5) is 14.3. The van der Waals surface area contributed by atoms with Crippen molar-refractivity contribution >= 4 is 11.6 Å². The van der Waals surface area contributed by atoms with E-state index < -0.39 is 0 Å². The third kappa shape index (κ3) is 4.85. The summed E-state index contributed by atoms with van der Waals surface area (Å²) >= 11 is 0. The Morgan fingerprint density at radius 1 is 1.10 bits per heavy atom. The van der Waals surface area contributed by atoms with Crippen LogP contribution in [0.1, 0.15) is 32.1 Å². The number of benzene rings is 1. The summed E-state index contributed by atoms with van der Waals surface area (Å²) in [7, 11) is 1.63. The molecule has 1 aromatic rings. The van der Waals surface area contributed by atoms with Crippen LogP contribution in [0.3, 0.4) is 0 Å². The molecule has 0 aromatic heterocycles. The van der Waals surface area contributed by atoms with E-state index in [1.165, 1.54) is 32.1 Å². The molecule has 1 fully saturated rings. The molecule has 0 unspecified atom stereocenters. The number of nitrogens with zero attached hydrogens (tertiary/aromatic N) is 1. The molecule has 0 saturated carbocycles. The van der Waals surface area contributed by atoms with Gasteiger partial charge in [-0.15, -0.1) is 0 Å². The highest BCUT2D eigenvalue weighted by Gasteiger charge is 2.12. The number of likely N-dealkylation sites (tertiary alicyclic amines) is 1. The molecule has 4 heteroatoms. The van der Waals surface area contributed by atoms with Gasteiger partial charge in [0.2, 0.25) is 5.91 Å². The maximum atomic E-state index is 12.0. The van der Waals surface area contributed by atoms with Crippen molar-refractivity contribution in [2.24, 2.45) is 0 Å². The lowest BCUT2D eigenvalue weighted by atomic mass is 10.1. The van der Waals surface area contributed by atoms with Crippen molar-refractivity contribution in [2.45, 2.75) is 32.1 Å². The Morgan fingerprint density at radius 2 is 1.70 bits per heavy atom. The van der Waals surface area contributed by atoms with Crippen LogP contribution in [0.5, 0.6) is 5.75 Å². The second-order valence-corrected chi connectivity index (χ2v) is 5.32. The zero-order valence-corrected chi connectivity index (χ0v) is 12.2. The first-order chi connectivity index (χ1) is 9.78. The van der Waals surface area contributed by atoms with Crippen molar-refractivity contribution in [1.82, 2.24) is 4.90 Å². The van der Waals surface area contributed by atoms with Crippen LogP contribution in [-0.2, 0) is 4.79 Å². The maximum absolute atomic E-state index is 12.0. The molecule has 1 N–H and O–H groups in total. The molecule has 0 spiro atoms. The van der Waals surface area contributed by atoms with Gasteiger partial charge in [0.15, 0.2) is 0 Å². The summed E-state index contributed by atoms with van der Waals surface area (Å²) in [5.41, 5.74) is 0.822. The van der Waals surface area contributed by atoms with Gasteiger partial charge in [-0.1, -0.05) is 19.3 Å². The lowest BCUT2D eigenvalue weighted by molar-refractivity contribution is -0.117. The second-order valence-electron chi connectivity index (χ2n) is 5.32. The van der Waals surface area contributed by atoms with E-state index in [2.05, 4.69) is 10.2 Å². The molecule has 1 amide bonds. The first-order valence-corrected chi connectivity index (χ1v) is 7.44. The van der Waals surface area contributed by atoms with Gasteiger partial charge in [0.25, 0.3) is 0 Å². The minimum Gasteiger partial charge on any atom is -0.497 e. The minimum absolute atomic E-state index is 0.0655. The third-order valence-electron chi connectivity index (χ3n) is 3.69. The number of hydrogen-bond acceptors (Lipinski definition) is 3. The number of rotatable bonds is 4. The molecule has 1 aromatic carbocycles. The van der Waals surface area contributed by atoms with Gasteiger partial charge >= 0.3 is 0 Å². The Labute approximate surface area is 121 Å². The van der Waals surface area contributed by atoms with Gasteiger partial charge in [0, 0.05) is 5.69 Å². The van der Waals surface area contributed by atoms with Gasteiger partial charge in [-0.25, -0.2) is 0 Å². The Kier molecular flexibility index (Phi) is 5.87. The zero-order valence-electron chi connectivity index (χ0n) is 12.2. The number of anilines is 1. The summed E-state index contributed by atoms with van der Waals surface area (Å²) in [5.74, 6) is 0.863. The lowest BCUT2D eigenvalue weighted by Crippen LogP contribution is -2.35. The monoisotopic (exact) mass is 276 g/mol.